The Bertz CT molecular complexity index is 447. The Morgan fingerprint density at radius 1 is 1.25 bits per heavy atom. The van der Waals surface area contributed by atoms with Crippen LogP contribution in [0, 0.1) is 0 Å². The average Bonchev–Trinajstić information content (AvgIpc) is 1.75. The summed E-state index contributed by atoms with van der Waals surface area (Å²) in [6.45, 7) is 2.57. The van der Waals surface area contributed by atoms with Crippen LogP contribution in [0.1, 0.15) is 1.43 Å². The molecule has 0 saturated carbocycles. The van der Waals surface area contributed by atoms with Crippen molar-refractivity contribution in [2.24, 2.45) is 0 Å². The van der Waals surface area contributed by atoms with Crippen molar-refractivity contribution in [1.29, 1.82) is 0 Å². The Hall–Kier alpha value is 0.320. The molecule has 0 aliphatic rings. The van der Waals surface area contributed by atoms with E-state index < -0.39 is 31.9 Å². The van der Waals surface area contributed by atoms with Crippen molar-refractivity contribution in [2.45, 2.75) is 11.4 Å². The van der Waals surface area contributed by atoms with Crippen molar-refractivity contribution in [2.75, 3.05) is 0 Å². The number of rotatable bonds is 4. The quantitative estimate of drug-likeness (QED) is 0.266. The molecule has 5 nitrogen and oxygen atoms in total. The van der Waals surface area contributed by atoms with Crippen molar-refractivity contribution in [3.05, 3.63) is 12.7 Å². The zero-order valence-electron chi connectivity index (χ0n) is 8.82. The second kappa shape index (κ2) is 5.78. The van der Waals surface area contributed by atoms with E-state index in [0.717, 1.165) is 0 Å². The van der Waals surface area contributed by atoms with E-state index in [9.17, 15) is 33.9 Å². The van der Waals surface area contributed by atoms with E-state index in [2.05, 4.69) is 6.58 Å². The third kappa shape index (κ3) is 6.15. The molecule has 0 amide bonds. The molecule has 92 valence electrons. The Morgan fingerprint density at radius 2 is 1.62 bits per heavy atom. The summed E-state index contributed by atoms with van der Waals surface area (Å²) in [4.78, 5) is 0. The molecule has 0 aromatic rings. The third-order valence-corrected chi connectivity index (χ3v) is 3.94. The van der Waals surface area contributed by atoms with E-state index in [1.54, 1.807) is 0 Å². The molecule has 16 heavy (non-hydrogen) atoms. The average molecular weight is 295 g/mol. The summed E-state index contributed by atoms with van der Waals surface area (Å²) in [5.74, 6) is 0. The van der Waals surface area contributed by atoms with E-state index in [1.807, 2.05) is 0 Å². The molecule has 0 bridgehead atoms. The van der Waals surface area contributed by atoms with Crippen LogP contribution in [0.2, 0.25) is 0 Å². The van der Waals surface area contributed by atoms with Gasteiger partial charge in [0.25, 0.3) is 0 Å². The van der Waals surface area contributed by atoms with Gasteiger partial charge >= 0.3 is 46.1 Å². The molecule has 0 aromatic heterocycles. The molecule has 1 unspecified atom stereocenters. The van der Waals surface area contributed by atoms with Crippen molar-refractivity contribution in [3.8, 4) is 0 Å². The summed E-state index contributed by atoms with van der Waals surface area (Å²) >= 11 is 0. The summed E-state index contributed by atoms with van der Waals surface area (Å²) in [7, 11) is -11.2. The molecule has 1 N–H and O–H groups in total. The summed E-state index contributed by atoms with van der Waals surface area (Å²) in [5.41, 5.74) is 0. The molecule has 0 fully saturated rings. The maximum atomic E-state index is 12.0. The van der Waals surface area contributed by atoms with Gasteiger partial charge in [-0.2, -0.15) is 21.6 Å². The van der Waals surface area contributed by atoms with E-state index in [4.69, 9.17) is 0 Å². The maximum absolute atomic E-state index is 12.0. The molecular weight excluding hydrogens is 289 g/mol. The predicted molar refractivity (Wildman–Crippen MR) is 43.2 cm³/mol. The first-order valence-corrected chi connectivity index (χ1v) is 5.99. The summed E-state index contributed by atoms with van der Waals surface area (Å²) in [5, 5.41) is -3.20. The molecular formula is C4H6F4NNaO4S2. The van der Waals surface area contributed by atoms with Gasteiger partial charge in [0, 0.05) is 0 Å². The molecule has 12 heteroatoms. The monoisotopic (exact) mass is 295 g/mol. The van der Waals surface area contributed by atoms with Crippen molar-refractivity contribution < 1.29 is 64.9 Å². The van der Waals surface area contributed by atoms with Gasteiger partial charge in [-0.05, 0) is 0 Å². The summed E-state index contributed by atoms with van der Waals surface area (Å²) in [6, 6.07) is 0. The van der Waals surface area contributed by atoms with Crippen LogP contribution in [0.3, 0.4) is 0 Å². The minimum absolute atomic E-state index is 0. The molecule has 0 aliphatic carbocycles. The Labute approximate surface area is 113 Å². The van der Waals surface area contributed by atoms with Gasteiger partial charge in [-0.1, -0.05) is 14.1 Å². The zero-order chi connectivity index (χ0) is 12.5. The van der Waals surface area contributed by atoms with Gasteiger partial charge in [0.1, 0.15) is 0 Å². The number of nitrogens with one attached hydrogen (secondary N) is 1. The standard InChI is InChI=1S/C4H5F4NO4S2.Na.H/c1-2-3(4(5,6)7)14(10,11)9-15(8,12)13;;/h2-3,9H,1H2;;/q;+1;-1. The predicted octanol–water partition coefficient (Wildman–Crippen LogP) is -2.65. The minimum atomic E-state index is -5.78. The SMILES string of the molecule is C=CC(C(F)(F)F)S(=O)(=O)NS(=O)(=O)F.[H-].[Na+]. The fourth-order valence-electron chi connectivity index (χ4n) is 0.627. The van der Waals surface area contributed by atoms with Gasteiger partial charge in [-0.3, -0.25) is 0 Å². The third-order valence-electron chi connectivity index (χ3n) is 1.09. The van der Waals surface area contributed by atoms with Crippen LogP contribution in [0.4, 0.5) is 17.1 Å². The zero-order valence-corrected chi connectivity index (χ0v) is 11.5. The van der Waals surface area contributed by atoms with Crippen LogP contribution in [0.15, 0.2) is 12.7 Å². The molecule has 1 atom stereocenters. The first-order chi connectivity index (χ1) is 6.40. The second-order valence-corrected chi connectivity index (χ2v) is 5.40. The number of halogens is 4. The molecule has 0 saturated heterocycles. The fourth-order valence-corrected chi connectivity index (χ4v) is 2.76. The van der Waals surface area contributed by atoms with Gasteiger partial charge < -0.3 is 1.43 Å². The number of sulfonamides is 1. The van der Waals surface area contributed by atoms with E-state index in [0.29, 0.717) is 0 Å². The van der Waals surface area contributed by atoms with Crippen molar-refractivity contribution in [1.82, 2.24) is 4.13 Å². The molecule has 0 heterocycles. The van der Waals surface area contributed by atoms with Crippen LogP contribution < -0.4 is 33.7 Å². The van der Waals surface area contributed by atoms with Crippen molar-refractivity contribution in [3.63, 3.8) is 0 Å². The first kappa shape index (κ1) is 18.7. The van der Waals surface area contributed by atoms with Crippen LogP contribution >= 0.6 is 0 Å². The first-order valence-electron chi connectivity index (χ1n) is 3.06. The summed E-state index contributed by atoms with van der Waals surface area (Å²) < 4.78 is 89.1. The van der Waals surface area contributed by atoms with Gasteiger partial charge in [-0.25, -0.2) is 8.42 Å². The number of hydrogen-bond acceptors (Lipinski definition) is 4. The van der Waals surface area contributed by atoms with E-state index >= 15 is 0 Å². The number of hydrogen-bond donors (Lipinski definition) is 1. The molecule has 0 rings (SSSR count). The van der Waals surface area contributed by atoms with Crippen LogP contribution in [0.25, 0.3) is 0 Å². The molecule has 0 aromatic carbocycles. The second-order valence-electron chi connectivity index (χ2n) is 2.26. The molecule has 0 spiro atoms. The van der Waals surface area contributed by atoms with Crippen LogP contribution in [-0.2, 0) is 20.4 Å². The van der Waals surface area contributed by atoms with E-state index in [1.165, 1.54) is 0 Å². The largest absolute Gasteiger partial charge is 1.00 e. The molecule has 0 aliphatic heterocycles. The summed E-state index contributed by atoms with van der Waals surface area (Å²) in [6.07, 6.45) is -5.34. The van der Waals surface area contributed by atoms with Crippen LogP contribution in [-0.4, -0.2) is 28.3 Å². The van der Waals surface area contributed by atoms with E-state index in [-0.39, 0.29) is 41.2 Å². The van der Waals surface area contributed by atoms with Crippen molar-refractivity contribution >= 4 is 20.4 Å². The number of alkyl halides is 3. The topological polar surface area (TPSA) is 80.3 Å². The van der Waals surface area contributed by atoms with Gasteiger partial charge in [0.05, 0.1) is 0 Å². The van der Waals surface area contributed by atoms with Gasteiger partial charge in [0.2, 0.25) is 10.0 Å². The Kier molecular flexibility index (Phi) is 6.74. The van der Waals surface area contributed by atoms with Gasteiger partial charge in [0.15, 0.2) is 5.25 Å². The normalized spacial score (nSPS) is 15.0. The van der Waals surface area contributed by atoms with Crippen LogP contribution in [0.5, 0.6) is 0 Å². The van der Waals surface area contributed by atoms with Gasteiger partial charge in [-0.15, -0.1) is 6.58 Å². The fraction of sp³-hybridized carbons (Fsp3) is 0.500. The maximum Gasteiger partial charge on any atom is 1.00 e. The Balaban J connectivity index is -0.000000980. The minimum Gasteiger partial charge on any atom is -1.00 e. The Morgan fingerprint density at radius 3 is 1.81 bits per heavy atom. The molecule has 0 radical (unpaired) electrons. The smallest absolute Gasteiger partial charge is 1.00 e.